The molecule has 7 nitrogen and oxygen atoms in total. The number of rotatable bonds is 8. The number of carbonyl (C=O) groups excluding carboxylic acids is 1. The van der Waals surface area contributed by atoms with Crippen LogP contribution in [-0.2, 0) is 14.8 Å². The fraction of sp³-hybridized carbons (Fsp3) is 0.391. The molecule has 1 amide bonds. The molecule has 0 heterocycles. The number of benzene rings is 2. The topological polar surface area (TPSA) is 125 Å². The van der Waals surface area contributed by atoms with Crippen LogP contribution >= 0.6 is 0 Å². The lowest BCUT2D eigenvalue weighted by Crippen LogP contribution is -2.43. The second kappa shape index (κ2) is 10.1. The van der Waals surface area contributed by atoms with Crippen LogP contribution in [0.3, 0.4) is 0 Å². The van der Waals surface area contributed by atoms with Crippen LogP contribution in [0.4, 0.5) is 5.69 Å². The predicted molar refractivity (Wildman–Crippen MR) is 123 cm³/mol. The van der Waals surface area contributed by atoms with Crippen LogP contribution in [0.15, 0.2) is 53.4 Å². The first kappa shape index (κ1) is 23.0. The highest BCUT2D eigenvalue weighted by atomic mass is 32.2. The van der Waals surface area contributed by atoms with Gasteiger partial charge >= 0.3 is 0 Å². The minimum Gasteiger partial charge on any atom is -0.384 e. The highest BCUT2D eigenvalue weighted by Gasteiger charge is 2.30. The molecule has 0 bridgehead atoms. The number of carbonyl (C=O) groups is 1. The minimum absolute atomic E-state index is 0.0410. The van der Waals surface area contributed by atoms with Crippen molar-refractivity contribution in [1.82, 2.24) is 4.72 Å². The number of amidine groups is 1. The van der Waals surface area contributed by atoms with Crippen LogP contribution in [0.25, 0.3) is 0 Å². The summed E-state index contributed by atoms with van der Waals surface area (Å²) in [6, 6.07) is 12.9. The van der Waals surface area contributed by atoms with E-state index < -0.39 is 16.1 Å². The first-order chi connectivity index (χ1) is 14.7. The van der Waals surface area contributed by atoms with E-state index in [1.54, 1.807) is 48.5 Å². The molecule has 1 fully saturated rings. The lowest BCUT2D eigenvalue weighted by Gasteiger charge is -2.30. The highest BCUT2D eigenvalue weighted by molar-refractivity contribution is 7.89. The summed E-state index contributed by atoms with van der Waals surface area (Å²) in [7, 11) is -3.73. The molecule has 2 aromatic rings. The van der Waals surface area contributed by atoms with E-state index >= 15 is 0 Å². The Morgan fingerprint density at radius 3 is 2.26 bits per heavy atom. The average Bonchev–Trinajstić information content (AvgIpc) is 2.74. The maximum absolute atomic E-state index is 13.0. The normalized spacial score (nSPS) is 15.9. The quantitative estimate of drug-likeness (QED) is 0.368. The Balaban J connectivity index is 1.73. The standard InChI is InChI=1S/C23H30N4O3S/c1-16-7-13-20(14-8-16)31(29,30)27-21(17-5-3-2-4-6-17)15-22(28)26-19-11-9-18(10-12-19)23(24)25/h7-14,17,21,27H,2-6,15H2,1H3,(H3,24,25)(H,26,28). The Hall–Kier alpha value is -2.71. The molecule has 2 aromatic carbocycles. The number of anilines is 1. The van der Waals surface area contributed by atoms with Gasteiger partial charge in [-0.1, -0.05) is 37.0 Å². The third-order valence-electron chi connectivity index (χ3n) is 5.74. The summed E-state index contributed by atoms with van der Waals surface area (Å²) >= 11 is 0. The summed E-state index contributed by atoms with van der Waals surface area (Å²) in [4.78, 5) is 12.9. The summed E-state index contributed by atoms with van der Waals surface area (Å²) in [5.41, 5.74) is 7.60. The number of nitrogens with two attached hydrogens (primary N) is 1. The monoisotopic (exact) mass is 442 g/mol. The van der Waals surface area contributed by atoms with Crippen LogP contribution in [-0.4, -0.2) is 26.2 Å². The van der Waals surface area contributed by atoms with Gasteiger partial charge in [0.2, 0.25) is 15.9 Å². The van der Waals surface area contributed by atoms with Gasteiger partial charge in [0.15, 0.2) is 0 Å². The van der Waals surface area contributed by atoms with Gasteiger partial charge < -0.3 is 11.1 Å². The Bertz CT molecular complexity index is 1010. The van der Waals surface area contributed by atoms with E-state index in [4.69, 9.17) is 11.1 Å². The number of nitrogens with one attached hydrogen (secondary N) is 3. The zero-order chi connectivity index (χ0) is 22.4. The smallest absolute Gasteiger partial charge is 0.240 e. The van der Waals surface area contributed by atoms with Gasteiger partial charge in [0.25, 0.3) is 0 Å². The summed E-state index contributed by atoms with van der Waals surface area (Å²) in [5, 5.41) is 10.3. The summed E-state index contributed by atoms with van der Waals surface area (Å²) < 4.78 is 28.7. The lowest BCUT2D eigenvalue weighted by atomic mass is 9.83. The number of hydrogen-bond acceptors (Lipinski definition) is 4. The van der Waals surface area contributed by atoms with E-state index in [2.05, 4.69) is 10.0 Å². The van der Waals surface area contributed by atoms with Gasteiger partial charge in [0, 0.05) is 23.7 Å². The average molecular weight is 443 g/mol. The third-order valence-corrected chi connectivity index (χ3v) is 7.25. The Labute approximate surface area is 184 Å². The van der Waals surface area contributed by atoms with E-state index in [1.165, 1.54) is 0 Å². The van der Waals surface area contributed by atoms with Crippen LogP contribution in [0.1, 0.15) is 49.7 Å². The SMILES string of the molecule is Cc1ccc(S(=O)(=O)NC(CC(=O)Nc2ccc(C(=N)N)cc2)C2CCCCC2)cc1. The van der Waals surface area contributed by atoms with Crippen molar-refractivity contribution in [3.8, 4) is 0 Å². The number of hydrogen-bond donors (Lipinski definition) is 4. The fourth-order valence-corrected chi connectivity index (χ4v) is 5.28. The maximum atomic E-state index is 13.0. The summed E-state index contributed by atoms with van der Waals surface area (Å²) in [5.74, 6) is -0.168. The molecular formula is C23H30N4O3S. The van der Waals surface area contributed by atoms with Gasteiger partial charge in [-0.15, -0.1) is 0 Å². The van der Waals surface area contributed by atoms with Crippen molar-refractivity contribution in [3.05, 3.63) is 59.7 Å². The van der Waals surface area contributed by atoms with Gasteiger partial charge in [-0.05, 0) is 62.1 Å². The molecule has 1 saturated carbocycles. The lowest BCUT2D eigenvalue weighted by molar-refractivity contribution is -0.116. The van der Waals surface area contributed by atoms with E-state index in [-0.39, 0.29) is 29.0 Å². The summed E-state index contributed by atoms with van der Waals surface area (Å²) in [6.07, 6.45) is 5.10. The molecule has 1 atom stereocenters. The molecule has 31 heavy (non-hydrogen) atoms. The maximum Gasteiger partial charge on any atom is 0.240 e. The van der Waals surface area contributed by atoms with Gasteiger partial charge in [-0.25, -0.2) is 13.1 Å². The fourth-order valence-electron chi connectivity index (χ4n) is 3.97. The number of aryl methyl sites for hydroxylation is 1. The molecule has 1 aliphatic rings. The van der Waals surface area contributed by atoms with Gasteiger partial charge in [0.1, 0.15) is 5.84 Å². The van der Waals surface area contributed by atoms with Gasteiger partial charge in [-0.3, -0.25) is 10.2 Å². The number of amides is 1. The van der Waals surface area contributed by atoms with Crippen LogP contribution in [0.5, 0.6) is 0 Å². The van der Waals surface area contributed by atoms with Crippen molar-refractivity contribution in [2.24, 2.45) is 11.7 Å². The Kier molecular flexibility index (Phi) is 7.46. The molecule has 3 rings (SSSR count). The zero-order valence-corrected chi connectivity index (χ0v) is 18.5. The summed E-state index contributed by atoms with van der Waals surface area (Å²) in [6.45, 7) is 1.90. The van der Waals surface area contributed by atoms with Crippen molar-refractivity contribution in [2.45, 2.75) is 56.4 Å². The molecule has 0 aliphatic heterocycles. The van der Waals surface area contributed by atoms with Crippen molar-refractivity contribution < 1.29 is 13.2 Å². The van der Waals surface area contributed by atoms with Crippen LogP contribution in [0, 0.1) is 18.3 Å². The predicted octanol–water partition coefficient (Wildman–Crippen LogP) is 3.54. The van der Waals surface area contributed by atoms with Crippen molar-refractivity contribution >= 4 is 27.5 Å². The highest BCUT2D eigenvalue weighted by Crippen LogP contribution is 2.29. The molecular weight excluding hydrogens is 412 g/mol. The molecule has 8 heteroatoms. The van der Waals surface area contributed by atoms with Crippen molar-refractivity contribution in [3.63, 3.8) is 0 Å². The molecule has 1 aliphatic carbocycles. The largest absolute Gasteiger partial charge is 0.384 e. The second-order valence-corrected chi connectivity index (χ2v) is 9.90. The molecule has 0 spiro atoms. The van der Waals surface area contributed by atoms with Gasteiger partial charge in [0.05, 0.1) is 4.90 Å². The van der Waals surface area contributed by atoms with Crippen molar-refractivity contribution in [1.29, 1.82) is 5.41 Å². The van der Waals surface area contributed by atoms with E-state index in [0.29, 0.717) is 11.3 Å². The minimum atomic E-state index is -3.73. The molecule has 0 radical (unpaired) electrons. The van der Waals surface area contributed by atoms with Crippen LogP contribution < -0.4 is 15.8 Å². The molecule has 1 unspecified atom stereocenters. The Morgan fingerprint density at radius 2 is 1.68 bits per heavy atom. The zero-order valence-electron chi connectivity index (χ0n) is 17.7. The van der Waals surface area contributed by atoms with E-state index in [9.17, 15) is 13.2 Å². The Morgan fingerprint density at radius 1 is 1.06 bits per heavy atom. The molecule has 5 N–H and O–H groups in total. The first-order valence-corrected chi connectivity index (χ1v) is 12.1. The van der Waals surface area contributed by atoms with E-state index in [0.717, 1.165) is 37.7 Å². The van der Waals surface area contributed by atoms with Crippen LogP contribution in [0.2, 0.25) is 0 Å². The third kappa shape index (κ3) is 6.38. The molecule has 166 valence electrons. The van der Waals surface area contributed by atoms with Crippen molar-refractivity contribution in [2.75, 3.05) is 5.32 Å². The second-order valence-electron chi connectivity index (χ2n) is 8.18. The van der Waals surface area contributed by atoms with E-state index in [1.807, 2.05) is 6.92 Å². The molecule has 0 aromatic heterocycles. The van der Waals surface area contributed by atoms with Gasteiger partial charge in [-0.2, -0.15) is 0 Å². The molecule has 0 saturated heterocycles. The first-order valence-electron chi connectivity index (χ1n) is 10.6. The number of nitrogen functional groups attached to an aromatic ring is 1. The number of sulfonamides is 1.